The molecule has 0 aliphatic carbocycles. The summed E-state index contributed by atoms with van der Waals surface area (Å²) in [6, 6.07) is 15.9. The largest absolute Gasteiger partial charge is 0.487 e. The lowest BCUT2D eigenvalue weighted by molar-refractivity contribution is -0.181. The number of carbonyl (C=O) groups is 2. The Kier molecular flexibility index (Phi) is 7.40. The van der Waals surface area contributed by atoms with Crippen molar-refractivity contribution >= 4 is 17.6 Å². The second-order valence-corrected chi connectivity index (χ2v) is 11.4. The van der Waals surface area contributed by atoms with Crippen molar-refractivity contribution in [3.05, 3.63) is 59.7 Å². The predicted octanol–water partition coefficient (Wildman–Crippen LogP) is 5.55. The Hall–Kier alpha value is -3.06. The van der Waals surface area contributed by atoms with Gasteiger partial charge in [0.05, 0.1) is 12.7 Å². The molecule has 3 heterocycles. The Bertz CT molecular complexity index is 1160. The number of hydrogen-bond acceptors (Lipinski definition) is 5. The Labute approximate surface area is 225 Å². The number of aliphatic carboxylic acids is 1. The van der Waals surface area contributed by atoms with E-state index in [9.17, 15) is 14.7 Å². The van der Waals surface area contributed by atoms with Gasteiger partial charge in [0.2, 0.25) is 0 Å². The summed E-state index contributed by atoms with van der Waals surface area (Å²) in [6.07, 6.45) is 3.07. The molecule has 1 spiro atoms. The third-order valence-corrected chi connectivity index (χ3v) is 8.97. The molecule has 3 aliphatic heterocycles. The molecule has 38 heavy (non-hydrogen) atoms. The normalized spacial score (nSPS) is 28.2. The highest BCUT2D eigenvalue weighted by molar-refractivity contribution is 5.94. The van der Waals surface area contributed by atoms with Crippen molar-refractivity contribution in [1.29, 1.82) is 0 Å². The van der Waals surface area contributed by atoms with Gasteiger partial charge in [-0.3, -0.25) is 9.59 Å². The van der Waals surface area contributed by atoms with Crippen molar-refractivity contribution < 1.29 is 24.2 Å². The first-order valence-electron chi connectivity index (χ1n) is 14.0. The fraction of sp³-hybridized carbons (Fsp3) is 0.548. The number of para-hydroxylation sites is 1. The van der Waals surface area contributed by atoms with Crippen molar-refractivity contribution in [2.24, 2.45) is 11.3 Å². The second kappa shape index (κ2) is 10.6. The number of benzene rings is 2. The maximum absolute atomic E-state index is 13.6. The molecule has 5 rings (SSSR count). The van der Waals surface area contributed by atoms with Crippen LogP contribution in [-0.2, 0) is 9.53 Å². The molecular weight excluding hydrogens is 480 g/mol. The first kappa shape index (κ1) is 26.5. The van der Waals surface area contributed by atoms with E-state index >= 15 is 0 Å². The average Bonchev–Trinajstić information content (AvgIpc) is 2.93. The van der Waals surface area contributed by atoms with E-state index in [1.807, 2.05) is 54.3 Å². The zero-order valence-electron chi connectivity index (χ0n) is 22.8. The van der Waals surface area contributed by atoms with Crippen LogP contribution in [0.1, 0.15) is 74.9 Å². The maximum atomic E-state index is 13.6. The first-order valence-corrected chi connectivity index (χ1v) is 14.0. The highest BCUT2D eigenvalue weighted by Crippen LogP contribution is 2.56. The van der Waals surface area contributed by atoms with Gasteiger partial charge in [-0.25, -0.2) is 0 Å². The summed E-state index contributed by atoms with van der Waals surface area (Å²) in [7, 11) is 0. The lowest BCUT2D eigenvalue weighted by Gasteiger charge is -2.55. The van der Waals surface area contributed by atoms with E-state index in [2.05, 4.69) is 24.8 Å². The third-order valence-electron chi connectivity index (χ3n) is 8.97. The summed E-state index contributed by atoms with van der Waals surface area (Å²) in [6.45, 7) is 10.1. The van der Waals surface area contributed by atoms with Gasteiger partial charge in [0.1, 0.15) is 11.4 Å². The van der Waals surface area contributed by atoms with Gasteiger partial charge < -0.3 is 24.4 Å². The summed E-state index contributed by atoms with van der Waals surface area (Å²) >= 11 is 0. The molecule has 2 fully saturated rings. The van der Waals surface area contributed by atoms with Gasteiger partial charge >= 0.3 is 5.97 Å². The number of likely N-dealkylation sites (tertiary alicyclic amines) is 1. The van der Waals surface area contributed by atoms with Gasteiger partial charge in [-0.05, 0) is 76.8 Å². The molecule has 0 saturated carbocycles. The monoisotopic (exact) mass is 520 g/mol. The SMILES string of the molecule is CCN(CC)c1ccc(C(=O)N2CCC[C@]3(CO[C@H]4c5ccccc5O[C@](C)(CCC(=O)O)[C@@H]4C3)C2)cc1. The van der Waals surface area contributed by atoms with Crippen LogP contribution >= 0.6 is 0 Å². The van der Waals surface area contributed by atoms with Crippen molar-refractivity contribution in [2.75, 3.05) is 37.7 Å². The van der Waals surface area contributed by atoms with Gasteiger partial charge in [0.15, 0.2) is 0 Å². The summed E-state index contributed by atoms with van der Waals surface area (Å²) in [5.41, 5.74) is 2.06. The maximum Gasteiger partial charge on any atom is 0.303 e. The Morgan fingerprint density at radius 3 is 2.55 bits per heavy atom. The molecule has 1 N–H and O–H groups in total. The molecule has 7 heteroatoms. The van der Waals surface area contributed by atoms with E-state index < -0.39 is 11.6 Å². The van der Waals surface area contributed by atoms with Crippen LogP contribution in [0.3, 0.4) is 0 Å². The molecule has 7 nitrogen and oxygen atoms in total. The number of carboxylic acids is 1. The number of hydrogen-bond donors (Lipinski definition) is 1. The molecule has 0 unspecified atom stereocenters. The average molecular weight is 521 g/mol. The molecule has 4 atom stereocenters. The zero-order chi connectivity index (χ0) is 26.9. The van der Waals surface area contributed by atoms with Crippen LogP contribution in [0.2, 0.25) is 0 Å². The van der Waals surface area contributed by atoms with Crippen LogP contribution < -0.4 is 9.64 Å². The predicted molar refractivity (Wildman–Crippen MR) is 147 cm³/mol. The van der Waals surface area contributed by atoms with Crippen molar-refractivity contribution in [3.8, 4) is 5.75 Å². The minimum atomic E-state index is -0.821. The number of nitrogens with zero attached hydrogens (tertiary/aromatic N) is 2. The highest BCUT2D eigenvalue weighted by atomic mass is 16.5. The Morgan fingerprint density at radius 2 is 1.84 bits per heavy atom. The number of carbonyl (C=O) groups excluding carboxylic acids is 1. The van der Waals surface area contributed by atoms with E-state index in [-0.39, 0.29) is 29.8 Å². The van der Waals surface area contributed by atoms with E-state index in [0.717, 1.165) is 55.9 Å². The minimum Gasteiger partial charge on any atom is -0.487 e. The quantitative estimate of drug-likeness (QED) is 0.516. The van der Waals surface area contributed by atoms with Crippen LogP contribution in [0.4, 0.5) is 5.69 Å². The number of ether oxygens (including phenoxy) is 2. The highest BCUT2D eigenvalue weighted by Gasteiger charge is 2.55. The van der Waals surface area contributed by atoms with Gasteiger partial charge in [0, 0.05) is 60.7 Å². The molecule has 2 aromatic rings. The minimum absolute atomic E-state index is 0.00825. The summed E-state index contributed by atoms with van der Waals surface area (Å²) in [5, 5.41) is 9.44. The summed E-state index contributed by atoms with van der Waals surface area (Å²) < 4.78 is 13.2. The van der Waals surface area contributed by atoms with Gasteiger partial charge in [-0.15, -0.1) is 0 Å². The topological polar surface area (TPSA) is 79.3 Å². The van der Waals surface area contributed by atoms with E-state index in [0.29, 0.717) is 25.1 Å². The van der Waals surface area contributed by atoms with Gasteiger partial charge in [0.25, 0.3) is 5.91 Å². The lowest BCUT2D eigenvalue weighted by atomic mass is 9.64. The molecule has 1 amide bonds. The molecule has 0 bridgehead atoms. The van der Waals surface area contributed by atoms with Crippen LogP contribution in [0.25, 0.3) is 0 Å². The number of piperidine rings is 1. The standard InChI is InChI=1S/C31H40N2O5/c1-4-32(5-2)23-13-11-22(12-14-23)29(36)33-18-8-16-31(20-33)19-25-28(37-21-31)24-9-6-7-10-26(24)38-30(25,3)17-15-27(34)35/h6-7,9-14,25,28H,4-5,8,15-21H2,1-3H3,(H,34,35)/t25-,28+,30-,31-/m1/s1. The smallest absolute Gasteiger partial charge is 0.303 e. The van der Waals surface area contributed by atoms with Crippen LogP contribution in [-0.4, -0.2) is 60.3 Å². The summed E-state index contributed by atoms with van der Waals surface area (Å²) in [5.74, 6) is 0.0365. The second-order valence-electron chi connectivity index (χ2n) is 11.4. The molecule has 2 saturated heterocycles. The first-order chi connectivity index (χ1) is 18.3. The molecule has 204 valence electrons. The third kappa shape index (κ3) is 5.00. The van der Waals surface area contributed by atoms with Crippen molar-refractivity contribution in [1.82, 2.24) is 4.90 Å². The number of anilines is 1. The van der Waals surface area contributed by atoms with Gasteiger partial charge in [-0.2, -0.15) is 0 Å². The fourth-order valence-corrected chi connectivity index (χ4v) is 6.84. The number of carboxylic acid groups (broad SMARTS) is 1. The molecule has 2 aromatic carbocycles. The van der Waals surface area contributed by atoms with Crippen molar-refractivity contribution in [2.45, 2.75) is 64.6 Å². The number of fused-ring (bicyclic) bond motifs is 3. The van der Waals surface area contributed by atoms with Crippen LogP contribution in [0.5, 0.6) is 5.75 Å². The van der Waals surface area contributed by atoms with E-state index in [1.165, 1.54) is 0 Å². The molecular formula is C31H40N2O5. The zero-order valence-corrected chi connectivity index (χ0v) is 22.8. The fourth-order valence-electron chi connectivity index (χ4n) is 6.84. The van der Waals surface area contributed by atoms with E-state index in [1.54, 1.807) is 0 Å². The molecule has 0 aromatic heterocycles. The van der Waals surface area contributed by atoms with E-state index in [4.69, 9.17) is 9.47 Å². The Morgan fingerprint density at radius 1 is 1.11 bits per heavy atom. The number of amides is 1. The van der Waals surface area contributed by atoms with Crippen LogP contribution in [0.15, 0.2) is 48.5 Å². The van der Waals surface area contributed by atoms with Crippen molar-refractivity contribution in [3.63, 3.8) is 0 Å². The molecule has 0 radical (unpaired) electrons. The molecule has 3 aliphatic rings. The van der Waals surface area contributed by atoms with Gasteiger partial charge in [-0.1, -0.05) is 18.2 Å². The summed E-state index contributed by atoms with van der Waals surface area (Å²) in [4.78, 5) is 29.3. The van der Waals surface area contributed by atoms with Crippen LogP contribution in [0, 0.1) is 11.3 Å². The number of rotatable bonds is 7. The Balaban J connectivity index is 1.36. The lowest BCUT2D eigenvalue weighted by Crippen LogP contribution is -2.57.